The van der Waals surface area contributed by atoms with Gasteiger partial charge in [0.05, 0.1) is 56.9 Å². The number of esters is 1. The second-order valence-electron chi connectivity index (χ2n) is 18.0. The number of aromatic nitrogens is 6. The first-order valence-corrected chi connectivity index (χ1v) is 23.9. The molecule has 2 atom stereocenters. The number of H-pyrrole nitrogens is 2. The van der Waals surface area contributed by atoms with Gasteiger partial charge >= 0.3 is 5.97 Å². The Morgan fingerprint density at radius 3 is 1.94 bits per heavy atom. The van der Waals surface area contributed by atoms with Crippen molar-refractivity contribution in [3.05, 3.63) is 111 Å². The molecule has 2 aliphatic heterocycles. The summed E-state index contributed by atoms with van der Waals surface area (Å²) >= 11 is 0. The van der Waals surface area contributed by atoms with Crippen LogP contribution in [0.3, 0.4) is 0 Å². The summed E-state index contributed by atoms with van der Waals surface area (Å²) in [5, 5.41) is 0. The van der Waals surface area contributed by atoms with Crippen molar-refractivity contribution < 1.29 is 9.53 Å². The molecule has 0 aromatic carbocycles. The number of hydrogen-bond acceptors (Lipinski definition) is 6. The molecule has 328 valence electrons. The molecule has 0 unspecified atom stereocenters. The molecule has 5 aromatic heterocycles. The molecular weight excluding hydrogens is 777 g/mol. The first-order chi connectivity index (χ1) is 30.6. The van der Waals surface area contributed by atoms with Gasteiger partial charge in [-0.1, -0.05) is 66.7 Å². The van der Waals surface area contributed by atoms with Crippen molar-refractivity contribution in [2.75, 3.05) is 6.61 Å². The highest BCUT2D eigenvalue weighted by Crippen LogP contribution is 2.58. The normalized spacial score (nSPS) is 16.8. The number of allylic oxidation sites excluding steroid dienone is 2. The molecule has 63 heavy (non-hydrogen) atoms. The van der Waals surface area contributed by atoms with E-state index in [0.29, 0.717) is 12.2 Å². The minimum absolute atomic E-state index is 0.143. The van der Waals surface area contributed by atoms with Crippen molar-refractivity contribution in [3.63, 3.8) is 0 Å². The fourth-order valence-electron chi connectivity index (χ4n) is 10.7. The Bertz CT molecular complexity index is 2760. The van der Waals surface area contributed by atoms with E-state index < -0.39 is 5.41 Å². The number of aryl methyl sites for hydroxylation is 4. The van der Waals surface area contributed by atoms with Gasteiger partial charge in [0.2, 0.25) is 0 Å². The van der Waals surface area contributed by atoms with E-state index in [1.54, 1.807) is 0 Å². The van der Waals surface area contributed by atoms with Crippen LogP contribution in [0.15, 0.2) is 60.7 Å². The molecule has 2 N–H and O–H groups in total. The maximum absolute atomic E-state index is 14.6. The van der Waals surface area contributed by atoms with Crippen LogP contribution in [0.1, 0.15) is 169 Å². The minimum Gasteiger partial charge on any atom is -0.463 e. The van der Waals surface area contributed by atoms with Gasteiger partial charge in [-0.25, -0.2) is 9.78 Å². The van der Waals surface area contributed by atoms with Gasteiger partial charge in [-0.05, 0) is 154 Å². The Hall–Kier alpha value is -5.63. The number of pyridine rings is 2. The van der Waals surface area contributed by atoms with E-state index in [1.807, 2.05) is 31.7 Å². The summed E-state index contributed by atoms with van der Waals surface area (Å²) in [6, 6.07) is 10.8. The van der Waals surface area contributed by atoms with E-state index in [1.165, 1.54) is 33.4 Å². The van der Waals surface area contributed by atoms with Gasteiger partial charge in [0.15, 0.2) is 0 Å². The average Bonchev–Trinajstić information content (AvgIpc) is 4.05. The van der Waals surface area contributed by atoms with Crippen LogP contribution in [0, 0.1) is 13.8 Å². The van der Waals surface area contributed by atoms with Crippen molar-refractivity contribution in [2.24, 2.45) is 0 Å². The van der Waals surface area contributed by atoms with Gasteiger partial charge in [-0.2, -0.15) is 0 Å². The summed E-state index contributed by atoms with van der Waals surface area (Å²) in [6.07, 6.45) is 21.6. The number of ether oxygens (including phenoxy) is 1. The van der Waals surface area contributed by atoms with E-state index in [0.717, 1.165) is 150 Å². The van der Waals surface area contributed by atoms with E-state index in [4.69, 9.17) is 14.7 Å². The molecule has 0 amide bonds. The highest BCUT2D eigenvalue weighted by molar-refractivity contribution is 6.05. The van der Waals surface area contributed by atoms with Crippen molar-refractivity contribution in [3.8, 4) is 22.3 Å². The van der Waals surface area contributed by atoms with Gasteiger partial charge in [0.25, 0.3) is 0 Å². The fraction of sp³-hybridized carbons (Fsp3) is 0.436. The highest BCUT2D eigenvalue weighted by Gasteiger charge is 2.55. The Kier molecular flexibility index (Phi) is 13.0. The molecule has 8 heteroatoms. The van der Waals surface area contributed by atoms with Crippen LogP contribution in [0.4, 0.5) is 0 Å². The zero-order valence-corrected chi connectivity index (χ0v) is 39.1. The molecular formula is C55H66N6O2. The van der Waals surface area contributed by atoms with Crippen LogP contribution >= 0.6 is 0 Å². The van der Waals surface area contributed by atoms with Crippen LogP contribution in [0.25, 0.3) is 61.5 Å². The van der Waals surface area contributed by atoms with Crippen LogP contribution < -0.4 is 0 Å². The third kappa shape index (κ3) is 7.57. The number of unbranched alkanes of at least 4 members (excludes halogenated alkanes) is 4. The van der Waals surface area contributed by atoms with E-state index in [-0.39, 0.29) is 11.9 Å². The molecule has 8 nitrogen and oxygen atoms in total. The molecule has 0 radical (unpaired) electrons. The minimum atomic E-state index is -0.689. The topological polar surface area (TPSA) is 109 Å². The third-order valence-electron chi connectivity index (χ3n) is 14.2. The summed E-state index contributed by atoms with van der Waals surface area (Å²) in [4.78, 5) is 43.3. The zero-order valence-electron chi connectivity index (χ0n) is 39.1. The van der Waals surface area contributed by atoms with Gasteiger partial charge in [0, 0.05) is 52.9 Å². The number of rotatable bonds is 16. The Labute approximate surface area is 374 Å². The molecule has 0 saturated heterocycles. The molecule has 3 aliphatic rings. The summed E-state index contributed by atoms with van der Waals surface area (Å²) in [5.41, 5.74) is 21.0. The van der Waals surface area contributed by atoms with Crippen molar-refractivity contribution in [2.45, 2.75) is 151 Å². The largest absolute Gasteiger partial charge is 0.463 e. The number of aromatic amines is 2. The standard InChI is InChI=1S/C55H66N6O2/c1-10-15-19-39-33(6)48-46(37-22-27-56-28-23-37)50-35(8)41(21-17-12-3)52(60-50)42-31-43(54(62)63-14-5)55(26-18-13-4)36(9)51(61-53(42)55)47(38-24-29-57-30-25-38)49-34(7)40(20-16-11-2)45(59-49)32-44(39)58-48/h22-25,27-32,36,59-60H,10-21,26H2,1-9H3/t36-,55-/m0/s1. The smallest absolute Gasteiger partial charge is 0.335 e. The molecule has 0 spiro atoms. The van der Waals surface area contributed by atoms with Gasteiger partial charge in [-0.3, -0.25) is 15.0 Å². The molecule has 0 saturated carbocycles. The maximum atomic E-state index is 14.6. The molecule has 0 fully saturated rings. The van der Waals surface area contributed by atoms with E-state index in [2.05, 4.69) is 112 Å². The number of carbonyl (C=O) groups is 1. The Morgan fingerprint density at radius 1 is 0.714 bits per heavy atom. The third-order valence-corrected chi connectivity index (χ3v) is 14.2. The first kappa shape index (κ1) is 44.0. The Morgan fingerprint density at radius 2 is 1.30 bits per heavy atom. The number of fused-ring (bicyclic) bond motifs is 8. The predicted molar refractivity (Wildman–Crippen MR) is 260 cm³/mol. The van der Waals surface area contributed by atoms with Gasteiger partial charge < -0.3 is 14.7 Å². The predicted octanol–water partition coefficient (Wildman–Crippen LogP) is 14.1. The second-order valence-corrected chi connectivity index (χ2v) is 18.0. The lowest BCUT2D eigenvalue weighted by Gasteiger charge is -2.33. The zero-order chi connectivity index (χ0) is 44.4. The van der Waals surface area contributed by atoms with Gasteiger partial charge in [0.1, 0.15) is 0 Å². The molecule has 1 aliphatic carbocycles. The van der Waals surface area contributed by atoms with E-state index >= 15 is 0 Å². The van der Waals surface area contributed by atoms with Crippen LogP contribution in [-0.2, 0) is 27.8 Å². The summed E-state index contributed by atoms with van der Waals surface area (Å²) in [6.45, 7) is 20.3. The fourth-order valence-corrected chi connectivity index (χ4v) is 10.7. The number of carbonyl (C=O) groups excluding carboxylic acids is 1. The summed E-state index contributed by atoms with van der Waals surface area (Å²) in [5.74, 6) is -0.401. The van der Waals surface area contributed by atoms with Crippen LogP contribution in [0.2, 0.25) is 0 Å². The average molecular weight is 843 g/mol. The summed E-state index contributed by atoms with van der Waals surface area (Å²) in [7, 11) is 0. The molecule has 7 heterocycles. The molecule has 8 rings (SSSR count). The van der Waals surface area contributed by atoms with E-state index in [9.17, 15) is 4.79 Å². The van der Waals surface area contributed by atoms with Crippen molar-refractivity contribution in [1.29, 1.82) is 0 Å². The van der Waals surface area contributed by atoms with Crippen molar-refractivity contribution >= 4 is 45.3 Å². The first-order valence-electron chi connectivity index (χ1n) is 23.9. The SMILES string of the molecule is CCCCC1=C(C)c2nc1cc1[nH]c(c(C)c1CCCC)c(-c1ccncc1)c1nc3c(c4[nH]c(c(C)c4CCCC)c2-c2ccncc2)C=C(C(=O)OCC)[C@]3(CCCC)[C@H]1C. The quantitative estimate of drug-likeness (QED) is 0.0958. The van der Waals surface area contributed by atoms with Crippen molar-refractivity contribution in [1.82, 2.24) is 29.9 Å². The van der Waals surface area contributed by atoms with Gasteiger partial charge in [-0.15, -0.1) is 0 Å². The monoisotopic (exact) mass is 843 g/mol. The highest BCUT2D eigenvalue weighted by atomic mass is 16.5. The lowest BCUT2D eigenvalue weighted by atomic mass is 9.67. The lowest BCUT2D eigenvalue weighted by Crippen LogP contribution is -2.34. The molecule has 8 bridgehead atoms. The van der Waals surface area contributed by atoms with Crippen LogP contribution in [-0.4, -0.2) is 42.5 Å². The lowest BCUT2D eigenvalue weighted by molar-refractivity contribution is -0.139. The van der Waals surface area contributed by atoms with Crippen LogP contribution in [0.5, 0.6) is 0 Å². The number of nitrogens with zero attached hydrogens (tertiary/aromatic N) is 4. The molecule has 5 aromatic rings. The number of hydrogen-bond donors (Lipinski definition) is 2. The second kappa shape index (κ2) is 18.6. The summed E-state index contributed by atoms with van der Waals surface area (Å²) < 4.78 is 6.00. The maximum Gasteiger partial charge on any atom is 0.335 e. The Balaban J connectivity index is 1.68. The number of nitrogens with one attached hydrogen (secondary N) is 2.